The van der Waals surface area contributed by atoms with Crippen molar-refractivity contribution in [3.05, 3.63) is 41.5 Å². The van der Waals surface area contributed by atoms with Gasteiger partial charge in [0.05, 0.1) is 7.11 Å². The second-order valence-electron chi connectivity index (χ2n) is 3.44. The Morgan fingerprint density at radius 1 is 1.47 bits per heavy atom. The molecule has 0 N–H and O–H groups in total. The average Bonchev–Trinajstić information content (AvgIpc) is 2.28. The zero-order valence-corrected chi connectivity index (χ0v) is 9.41. The van der Waals surface area contributed by atoms with Gasteiger partial charge in [-0.15, -0.1) is 0 Å². The Balaban J connectivity index is 2.91. The van der Waals surface area contributed by atoms with E-state index in [9.17, 15) is 4.79 Å². The molecule has 0 aliphatic rings. The van der Waals surface area contributed by atoms with E-state index in [4.69, 9.17) is 4.74 Å². The SMILES string of the molecule is CCC(C)=CC(=O)c1cccc(OC)c1. The van der Waals surface area contributed by atoms with E-state index in [1.54, 1.807) is 25.3 Å². The van der Waals surface area contributed by atoms with E-state index in [-0.39, 0.29) is 5.78 Å². The molecule has 15 heavy (non-hydrogen) atoms. The molecule has 0 aromatic heterocycles. The Morgan fingerprint density at radius 2 is 2.20 bits per heavy atom. The van der Waals surface area contributed by atoms with Gasteiger partial charge < -0.3 is 4.74 Å². The third kappa shape index (κ3) is 3.24. The Kier molecular flexibility index (Phi) is 4.10. The van der Waals surface area contributed by atoms with Crippen LogP contribution in [0.3, 0.4) is 0 Å². The van der Waals surface area contributed by atoms with Crippen LogP contribution >= 0.6 is 0 Å². The minimum Gasteiger partial charge on any atom is -0.497 e. The van der Waals surface area contributed by atoms with Gasteiger partial charge in [0, 0.05) is 5.56 Å². The van der Waals surface area contributed by atoms with Crippen LogP contribution in [0, 0.1) is 0 Å². The van der Waals surface area contributed by atoms with Crippen molar-refractivity contribution in [1.29, 1.82) is 0 Å². The number of ketones is 1. The van der Waals surface area contributed by atoms with Gasteiger partial charge in [-0.25, -0.2) is 0 Å². The van der Waals surface area contributed by atoms with Crippen molar-refractivity contribution < 1.29 is 9.53 Å². The molecule has 1 aromatic carbocycles. The van der Waals surface area contributed by atoms with Crippen LogP contribution in [0.15, 0.2) is 35.9 Å². The average molecular weight is 204 g/mol. The molecule has 0 radical (unpaired) electrons. The first-order valence-electron chi connectivity index (χ1n) is 5.03. The summed E-state index contributed by atoms with van der Waals surface area (Å²) in [5.74, 6) is 0.747. The molecule has 1 rings (SSSR count). The Bertz CT molecular complexity index is 378. The molecule has 0 spiro atoms. The first-order chi connectivity index (χ1) is 7.17. The van der Waals surface area contributed by atoms with Gasteiger partial charge in [-0.3, -0.25) is 4.79 Å². The van der Waals surface area contributed by atoms with Crippen LogP contribution in [-0.2, 0) is 0 Å². The standard InChI is InChI=1S/C13H16O2/c1-4-10(2)8-13(14)11-6-5-7-12(9-11)15-3/h5-9H,4H2,1-3H3. The summed E-state index contributed by atoms with van der Waals surface area (Å²) in [6, 6.07) is 7.19. The van der Waals surface area contributed by atoms with E-state index in [1.165, 1.54) is 0 Å². The van der Waals surface area contributed by atoms with Crippen LogP contribution < -0.4 is 4.74 Å². The van der Waals surface area contributed by atoms with Gasteiger partial charge in [0.15, 0.2) is 5.78 Å². The second-order valence-corrected chi connectivity index (χ2v) is 3.44. The third-order valence-electron chi connectivity index (χ3n) is 2.29. The molecule has 0 unspecified atom stereocenters. The van der Waals surface area contributed by atoms with Crippen LogP contribution in [0.25, 0.3) is 0 Å². The Labute approximate surface area is 90.6 Å². The number of benzene rings is 1. The fraction of sp³-hybridized carbons (Fsp3) is 0.308. The zero-order chi connectivity index (χ0) is 11.3. The van der Waals surface area contributed by atoms with E-state index in [0.29, 0.717) is 11.3 Å². The minimum atomic E-state index is 0.0354. The van der Waals surface area contributed by atoms with Crippen LogP contribution in [0.2, 0.25) is 0 Å². The van der Waals surface area contributed by atoms with Crippen molar-refractivity contribution >= 4 is 5.78 Å². The van der Waals surface area contributed by atoms with Crippen molar-refractivity contribution in [1.82, 2.24) is 0 Å². The molecule has 0 saturated carbocycles. The number of allylic oxidation sites excluding steroid dienone is 2. The molecular formula is C13H16O2. The lowest BCUT2D eigenvalue weighted by Gasteiger charge is -2.01. The first kappa shape index (κ1) is 11.5. The van der Waals surface area contributed by atoms with Gasteiger partial charge >= 0.3 is 0 Å². The van der Waals surface area contributed by atoms with E-state index < -0.39 is 0 Å². The third-order valence-corrected chi connectivity index (χ3v) is 2.29. The van der Waals surface area contributed by atoms with E-state index in [2.05, 4.69) is 0 Å². The van der Waals surface area contributed by atoms with Crippen molar-refractivity contribution in [3.63, 3.8) is 0 Å². The summed E-state index contributed by atoms with van der Waals surface area (Å²) in [7, 11) is 1.59. The van der Waals surface area contributed by atoms with Gasteiger partial charge in [-0.2, -0.15) is 0 Å². The smallest absolute Gasteiger partial charge is 0.185 e. The minimum absolute atomic E-state index is 0.0354. The van der Waals surface area contributed by atoms with Gasteiger partial charge in [0.2, 0.25) is 0 Å². The lowest BCUT2D eigenvalue weighted by atomic mass is 10.1. The number of methoxy groups -OCH3 is 1. The lowest BCUT2D eigenvalue weighted by Crippen LogP contribution is -1.96. The van der Waals surface area contributed by atoms with E-state index in [0.717, 1.165) is 12.0 Å². The van der Waals surface area contributed by atoms with E-state index >= 15 is 0 Å². The molecule has 0 atom stereocenters. The number of hydrogen-bond donors (Lipinski definition) is 0. The molecule has 80 valence electrons. The highest BCUT2D eigenvalue weighted by molar-refractivity contribution is 6.05. The van der Waals surface area contributed by atoms with Crippen LogP contribution in [0.4, 0.5) is 0 Å². The molecule has 0 bridgehead atoms. The van der Waals surface area contributed by atoms with Crippen molar-refractivity contribution in [3.8, 4) is 5.75 Å². The van der Waals surface area contributed by atoms with Gasteiger partial charge in [-0.1, -0.05) is 24.6 Å². The summed E-state index contributed by atoms with van der Waals surface area (Å²) in [4.78, 5) is 11.8. The maximum atomic E-state index is 11.8. The molecule has 0 amide bonds. The fourth-order valence-electron chi connectivity index (χ4n) is 1.19. The summed E-state index contributed by atoms with van der Waals surface area (Å²) >= 11 is 0. The zero-order valence-electron chi connectivity index (χ0n) is 9.41. The van der Waals surface area contributed by atoms with Gasteiger partial charge in [0.1, 0.15) is 5.75 Å². The molecule has 2 heteroatoms. The number of carbonyl (C=O) groups is 1. The Morgan fingerprint density at radius 3 is 2.80 bits per heavy atom. The molecule has 0 fully saturated rings. The summed E-state index contributed by atoms with van der Waals surface area (Å²) in [6.07, 6.45) is 2.57. The highest BCUT2D eigenvalue weighted by atomic mass is 16.5. The van der Waals surface area contributed by atoms with Crippen molar-refractivity contribution in [2.24, 2.45) is 0 Å². The summed E-state index contributed by atoms with van der Waals surface area (Å²) in [6.45, 7) is 3.99. The van der Waals surface area contributed by atoms with Crippen molar-refractivity contribution in [2.45, 2.75) is 20.3 Å². The number of ether oxygens (including phenoxy) is 1. The predicted molar refractivity (Wildman–Crippen MR) is 61.4 cm³/mol. The van der Waals surface area contributed by atoms with Crippen LogP contribution in [-0.4, -0.2) is 12.9 Å². The quantitative estimate of drug-likeness (QED) is 0.556. The maximum absolute atomic E-state index is 11.8. The van der Waals surface area contributed by atoms with Crippen LogP contribution in [0.1, 0.15) is 30.6 Å². The molecular weight excluding hydrogens is 188 g/mol. The van der Waals surface area contributed by atoms with Crippen LogP contribution in [0.5, 0.6) is 5.75 Å². The summed E-state index contributed by atoms with van der Waals surface area (Å²) in [5, 5.41) is 0. The molecule has 2 nitrogen and oxygen atoms in total. The van der Waals surface area contributed by atoms with Gasteiger partial charge in [0.25, 0.3) is 0 Å². The lowest BCUT2D eigenvalue weighted by molar-refractivity contribution is 0.104. The molecule has 0 aliphatic carbocycles. The normalized spacial score (nSPS) is 11.3. The summed E-state index contributed by atoms with van der Waals surface area (Å²) < 4.78 is 5.06. The van der Waals surface area contributed by atoms with Crippen molar-refractivity contribution in [2.75, 3.05) is 7.11 Å². The topological polar surface area (TPSA) is 26.3 Å². The molecule has 0 saturated heterocycles. The maximum Gasteiger partial charge on any atom is 0.185 e. The monoisotopic (exact) mass is 204 g/mol. The number of carbonyl (C=O) groups excluding carboxylic acids is 1. The molecule has 1 aromatic rings. The van der Waals surface area contributed by atoms with Gasteiger partial charge in [-0.05, 0) is 31.6 Å². The highest BCUT2D eigenvalue weighted by Crippen LogP contribution is 2.14. The molecule has 0 heterocycles. The second kappa shape index (κ2) is 5.35. The first-order valence-corrected chi connectivity index (χ1v) is 5.03. The largest absolute Gasteiger partial charge is 0.497 e. The Hall–Kier alpha value is -1.57. The number of rotatable bonds is 4. The summed E-state index contributed by atoms with van der Waals surface area (Å²) in [5.41, 5.74) is 1.75. The number of hydrogen-bond acceptors (Lipinski definition) is 2. The van der Waals surface area contributed by atoms with E-state index in [1.807, 2.05) is 26.0 Å². The molecule has 0 aliphatic heterocycles. The fourth-order valence-corrected chi connectivity index (χ4v) is 1.19. The predicted octanol–water partition coefficient (Wildman–Crippen LogP) is 3.23. The highest BCUT2D eigenvalue weighted by Gasteiger charge is 2.03.